The third kappa shape index (κ3) is 6.59. The largest absolute Gasteiger partial charge is 0.406 e. The van der Waals surface area contributed by atoms with Crippen LogP contribution in [-0.4, -0.2) is 52.8 Å². The van der Waals surface area contributed by atoms with Gasteiger partial charge in [-0.1, -0.05) is 0 Å². The van der Waals surface area contributed by atoms with Gasteiger partial charge in [0.05, 0.1) is 17.2 Å². The maximum absolute atomic E-state index is 14.0. The molecule has 1 aliphatic heterocycles. The summed E-state index contributed by atoms with van der Waals surface area (Å²) in [7, 11) is 0. The van der Waals surface area contributed by atoms with Crippen LogP contribution in [-0.2, 0) is 4.79 Å². The molecule has 1 unspecified atom stereocenters. The monoisotopic (exact) mass is 434 g/mol. The highest BCUT2D eigenvalue weighted by Crippen LogP contribution is 2.34. The van der Waals surface area contributed by atoms with Gasteiger partial charge < -0.3 is 4.90 Å². The fourth-order valence-corrected chi connectivity index (χ4v) is 3.97. The van der Waals surface area contributed by atoms with Gasteiger partial charge in [0.15, 0.2) is 0 Å². The smallest absolute Gasteiger partial charge is 0.316 e. The van der Waals surface area contributed by atoms with Crippen LogP contribution in [0.3, 0.4) is 0 Å². The van der Waals surface area contributed by atoms with Crippen molar-refractivity contribution in [1.29, 1.82) is 0 Å². The van der Waals surface area contributed by atoms with Crippen molar-refractivity contribution in [1.82, 2.24) is 4.90 Å². The second kappa shape index (κ2) is 8.29. The molecule has 1 amide bonds. The molecular weight excluding hydrogens is 421 g/mol. The zero-order chi connectivity index (χ0) is 20.4. The Hall–Kier alpha value is -1.43. The van der Waals surface area contributed by atoms with Crippen LogP contribution in [0.1, 0.15) is 5.56 Å². The average molecular weight is 434 g/mol. The lowest BCUT2D eigenvalue weighted by molar-refractivity contribution is -0.157. The molecule has 12 heteroatoms. The molecule has 1 aromatic rings. The molecule has 2 rings (SSSR count). The maximum atomic E-state index is 14.0. The quantitative estimate of drug-likeness (QED) is 0.373. The first-order chi connectivity index (χ1) is 12.4. The van der Waals surface area contributed by atoms with Gasteiger partial charge >= 0.3 is 12.4 Å². The van der Waals surface area contributed by atoms with Gasteiger partial charge in [0.1, 0.15) is 17.7 Å². The van der Waals surface area contributed by atoms with Gasteiger partial charge in [0, 0.05) is 11.1 Å². The van der Waals surface area contributed by atoms with E-state index in [0.29, 0.717) is 16.7 Å². The van der Waals surface area contributed by atoms with E-state index in [4.69, 9.17) is 0 Å². The number of hydrogen-bond acceptors (Lipinski definition) is 4. The normalized spacial score (nSPS) is 18.7. The molecule has 1 atom stereocenters. The Bertz CT molecular complexity index is 734. The van der Waals surface area contributed by atoms with E-state index in [2.05, 4.69) is 4.99 Å². The van der Waals surface area contributed by atoms with Crippen LogP contribution >= 0.6 is 23.5 Å². The fraction of sp³-hybridized carbons (Fsp3) is 0.467. The Morgan fingerprint density at radius 2 is 1.93 bits per heavy atom. The molecule has 1 heterocycles. The zero-order valence-corrected chi connectivity index (χ0v) is 15.3. The molecule has 0 saturated carbocycles. The van der Waals surface area contributed by atoms with Crippen molar-refractivity contribution in [3.63, 3.8) is 0 Å². The molecule has 3 nitrogen and oxygen atoms in total. The Kier molecular flexibility index (Phi) is 6.72. The summed E-state index contributed by atoms with van der Waals surface area (Å²) in [5.41, 5.74) is -0.0259. The third-order valence-electron chi connectivity index (χ3n) is 3.33. The standard InChI is InChI=1S/C15H13F7N2OS2/c1-8-2-9(16)10(3-11(8)27-7-15(20,21)22)23-4-13-24(6-14(17,18)19)12(25)5-26-13/h2-4,13H,5-7H2,1H3. The first kappa shape index (κ1) is 21.9. The molecule has 1 aliphatic rings. The van der Waals surface area contributed by atoms with Crippen LogP contribution in [0.5, 0.6) is 0 Å². The van der Waals surface area contributed by atoms with Gasteiger partial charge in [-0.05, 0) is 24.6 Å². The van der Waals surface area contributed by atoms with Crippen LogP contribution in [0.15, 0.2) is 22.0 Å². The van der Waals surface area contributed by atoms with E-state index in [1.165, 1.54) is 6.92 Å². The van der Waals surface area contributed by atoms with E-state index in [1.807, 2.05) is 0 Å². The number of aryl methyl sites for hydroxylation is 1. The summed E-state index contributed by atoms with van der Waals surface area (Å²) in [5.74, 6) is -2.89. The van der Waals surface area contributed by atoms with E-state index >= 15 is 0 Å². The van der Waals surface area contributed by atoms with Gasteiger partial charge in [-0.25, -0.2) is 4.39 Å². The first-order valence-electron chi connectivity index (χ1n) is 7.37. The summed E-state index contributed by atoms with van der Waals surface area (Å²) >= 11 is 1.36. The van der Waals surface area contributed by atoms with Gasteiger partial charge in [-0.2, -0.15) is 26.3 Å². The second-order valence-corrected chi connectivity index (χ2v) is 7.71. The van der Waals surface area contributed by atoms with Crippen molar-refractivity contribution in [3.8, 4) is 0 Å². The second-order valence-electron chi connectivity index (χ2n) is 5.59. The van der Waals surface area contributed by atoms with E-state index < -0.39 is 41.7 Å². The van der Waals surface area contributed by atoms with Gasteiger partial charge in [-0.3, -0.25) is 9.79 Å². The molecular formula is C15H13F7N2OS2. The van der Waals surface area contributed by atoms with Crippen molar-refractivity contribution < 1.29 is 35.5 Å². The minimum atomic E-state index is -4.59. The fourth-order valence-electron chi connectivity index (χ4n) is 2.17. The molecule has 1 aromatic carbocycles. The predicted molar refractivity (Wildman–Crippen MR) is 90.1 cm³/mol. The van der Waals surface area contributed by atoms with Crippen molar-refractivity contribution in [2.45, 2.75) is 29.5 Å². The van der Waals surface area contributed by atoms with Gasteiger partial charge in [-0.15, -0.1) is 23.5 Å². The summed E-state index contributed by atoms with van der Waals surface area (Å²) < 4.78 is 88.8. The average Bonchev–Trinajstić information content (AvgIpc) is 2.83. The molecule has 0 bridgehead atoms. The zero-order valence-electron chi connectivity index (χ0n) is 13.7. The number of rotatable bonds is 5. The SMILES string of the molecule is Cc1cc(F)c(N=CC2SCC(=O)N2CC(F)(F)F)cc1SCC(F)(F)F. The van der Waals surface area contributed by atoms with E-state index in [0.717, 1.165) is 30.1 Å². The summed E-state index contributed by atoms with van der Waals surface area (Å²) in [6.45, 7) is -0.0234. The van der Waals surface area contributed by atoms with Gasteiger partial charge in [0.25, 0.3) is 0 Å². The number of thioether (sulfide) groups is 2. The topological polar surface area (TPSA) is 32.7 Å². The molecule has 0 radical (unpaired) electrons. The van der Waals surface area contributed by atoms with Crippen LogP contribution in [0, 0.1) is 12.7 Å². The lowest BCUT2D eigenvalue weighted by Gasteiger charge is -2.22. The third-order valence-corrected chi connectivity index (χ3v) is 5.69. The molecule has 0 aliphatic carbocycles. The summed E-state index contributed by atoms with van der Waals surface area (Å²) in [6.07, 6.45) is -8.01. The Morgan fingerprint density at radius 3 is 2.52 bits per heavy atom. The van der Waals surface area contributed by atoms with Crippen LogP contribution in [0.25, 0.3) is 0 Å². The van der Waals surface area contributed by atoms with Crippen molar-refractivity contribution in [2.75, 3.05) is 18.1 Å². The number of hydrogen-bond donors (Lipinski definition) is 0. The highest BCUT2D eigenvalue weighted by Gasteiger charge is 2.39. The number of aliphatic imine (C=N–C) groups is 1. The van der Waals surface area contributed by atoms with E-state index in [1.54, 1.807) is 0 Å². The summed E-state index contributed by atoms with van der Waals surface area (Å²) in [5, 5.41) is -1.04. The Labute approximate surface area is 158 Å². The summed E-state index contributed by atoms with van der Waals surface area (Å²) in [6, 6.07) is 2.11. The minimum Gasteiger partial charge on any atom is -0.316 e. The molecule has 0 spiro atoms. The minimum absolute atomic E-state index is 0.156. The molecule has 27 heavy (non-hydrogen) atoms. The highest BCUT2D eigenvalue weighted by molar-refractivity contribution is 8.01. The maximum Gasteiger partial charge on any atom is 0.406 e. The highest BCUT2D eigenvalue weighted by atomic mass is 32.2. The number of alkyl halides is 6. The number of carbonyl (C=O) groups excluding carboxylic acids is 1. The van der Waals surface area contributed by atoms with Gasteiger partial charge in [0.2, 0.25) is 5.91 Å². The Balaban J connectivity index is 2.19. The van der Waals surface area contributed by atoms with Crippen LogP contribution in [0.4, 0.5) is 36.4 Å². The number of amides is 1. The van der Waals surface area contributed by atoms with Crippen LogP contribution in [0.2, 0.25) is 0 Å². The van der Waals surface area contributed by atoms with Crippen molar-refractivity contribution in [2.24, 2.45) is 4.99 Å². The van der Waals surface area contributed by atoms with E-state index in [-0.39, 0.29) is 21.9 Å². The van der Waals surface area contributed by atoms with Crippen molar-refractivity contribution in [3.05, 3.63) is 23.5 Å². The number of benzene rings is 1. The Morgan fingerprint density at radius 1 is 1.26 bits per heavy atom. The summed E-state index contributed by atoms with van der Waals surface area (Å²) in [4.78, 5) is 16.1. The lowest BCUT2D eigenvalue weighted by Crippen LogP contribution is -2.40. The van der Waals surface area contributed by atoms with Crippen molar-refractivity contribution >= 4 is 41.3 Å². The first-order valence-corrected chi connectivity index (χ1v) is 9.41. The molecule has 0 N–H and O–H groups in total. The molecule has 0 aromatic heterocycles. The number of carbonyl (C=O) groups is 1. The van der Waals surface area contributed by atoms with E-state index in [9.17, 15) is 35.5 Å². The van der Waals surface area contributed by atoms with Crippen LogP contribution < -0.4 is 0 Å². The lowest BCUT2D eigenvalue weighted by atomic mass is 10.2. The number of nitrogens with zero attached hydrogens (tertiary/aromatic N) is 2. The predicted octanol–water partition coefficient (Wildman–Crippen LogP) is 4.95. The molecule has 1 saturated heterocycles. The molecule has 1 fully saturated rings. The molecule has 150 valence electrons. The number of halogens is 7.